The lowest BCUT2D eigenvalue weighted by Crippen LogP contribution is -2.42. The Balaban J connectivity index is 2.24. The maximum Gasteiger partial charge on any atom is 0.268 e. The first-order valence-corrected chi connectivity index (χ1v) is 6.49. The summed E-state index contributed by atoms with van der Waals surface area (Å²) in [6.07, 6.45) is 2.68. The molecular weight excluding hydrogens is 230 g/mol. The van der Waals surface area contributed by atoms with Crippen LogP contribution in [0.1, 0.15) is 38.5 Å². The third kappa shape index (κ3) is 2.41. The molecular formula is C14H22NO3+. The molecule has 0 saturated carbocycles. The molecule has 4 nitrogen and oxygen atoms in total. The second-order valence-electron chi connectivity index (χ2n) is 5.34. The van der Waals surface area contributed by atoms with E-state index in [1.807, 2.05) is 23.8 Å². The highest BCUT2D eigenvalue weighted by molar-refractivity contribution is 5.09. The van der Waals surface area contributed by atoms with Crippen molar-refractivity contribution >= 4 is 0 Å². The summed E-state index contributed by atoms with van der Waals surface area (Å²) < 4.78 is 7.70. The number of hydrogen-bond donors (Lipinski definition) is 2. The summed E-state index contributed by atoms with van der Waals surface area (Å²) in [5.74, 6) is 0.419. The molecule has 18 heavy (non-hydrogen) atoms. The van der Waals surface area contributed by atoms with Crippen LogP contribution in [0, 0.1) is 5.92 Å². The maximum atomic E-state index is 9.97. The van der Waals surface area contributed by atoms with Crippen LogP contribution >= 0.6 is 0 Å². The van der Waals surface area contributed by atoms with Gasteiger partial charge in [0.15, 0.2) is 12.4 Å². The van der Waals surface area contributed by atoms with Gasteiger partial charge in [0.2, 0.25) is 0 Å². The van der Waals surface area contributed by atoms with Crippen LogP contribution < -0.4 is 4.57 Å². The van der Waals surface area contributed by atoms with Crippen LogP contribution in [0.4, 0.5) is 0 Å². The molecule has 2 rings (SSSR count). The first kappa shape index (κ1) is 13.5. The highest BCUT2D eigenvalue weighted by Crippen LogP contribution is 2.30. The molecule has 0 aromatic carbocycles. The van der Waals surface area contributed by atoms with Gasteiger partial charge < -0.3 is 14.9 Å². The Morgan fingerprint density at radius 2 is 2.17 bits per heavy atom. The highest BCUT2D eigenvalue weighted by Gasteiger charge is 2.45. The van der Waals surface area contributed by atoms with Crippen molar-refractivity contribution in [2.75, 3.05) is 6.61 Å². The van der Waals surface area contributed by atoms with Crippen LogP contribution in [-0.2, 0) is 4.74 Å². The maximum absolute atomic E-state index is 9.97. The van der Waals surface area contributed by atoms with E-state index in [1.165, 1.54) is 5.56 Å². The third-order valence-electron chi connectivity index (χ3n) is 3.67. The van der Waals surface area contributed by atoms with E-state index < -0.39 is 12.2 Å². The first-order valence-electron chi connectivity index (χ1n) is 6.49. The van der Waals surface area contributed by atoms with Gasteiger partial charge in [-0.1, -0.05) is 20.8 Å². The average molecular weight is 252 g/mol. The molecule has 2 heterocycles. The van der Waals surface area contributed by atoms with E-state index in [0.717, 1.165) is 0 Å². The van der Waals surface area contributed by atoms with Gasteiger partial charge in [-0.3, -0.25) is 0 Å². The number of aliphatic hydroxyl groups excluding tert-OH is 2. The van der Waals surface area contributed by atoms with Crippen LogP contribution in [0.25, 0.3) is 0 Å². The van der Waals surface area contributed by atoms with E-state index in [1.54, 1.807) is 0 Å². The molecule has 0 aliphatic carbocycles. The van der Waals surface area contributed by atoms with Crippen LogP contribution in [-0.4, -0.2) is 29.0 Å². The van der Waals surface area contributed by atoms with Gasteiger partial charge in [0.1, 0.15) is 6.10 Å². The van der Waals surface area contributed by atoms with Crippen LogP contribution in [0.2, 0.25) is 0 Å². The fourth-order valence-electron chi connectivity index (χ4n) is 2.40. The Morgan fingerprint density at radius 3 is 2.72 bits per heavy atom. The second kappa shape index (κ2) is 5.34. The molecule has 100 valence electrons. The summed E-state index contributed by atoms with van der Waals surface area (Å²) in [6.45, 7) is 6.08. The minimum Gasteiger partial charge on any atom is -0.394 e. The van der Waals surface area contributed by atoms with Crippen molar-refractivity contribution in [3.8, 4) is 0 Å². The Morgan fingerprint density at radius 1 is 1.44 bits per heavy atom. The molecule has 0 bridgehead atoms. The molecule has 2 N–H and O–H groups in total. The van der Waals surface area contributed by atoms with E-state index in [2.05, 4.69) is 26.1 Å². The Bertz CT molecular complexity index is 408. The number of aliphatic hydroxyl groups is 2. The van der Waals surface area contributed by atoms with E-state index >= 15 is 0 Å². The zero-order chi connectivity index (χ0) is 13.3. The van der Waals surface area contributed by atoms with Gasteiger partial charge in [-0.25, -0.2) is 0 Å². The standard InChI is InChI=1S/C14H22NO3/c1-9(2)11-5-4-6-15(7-11)14-10(3)13(17)12(8-16)18-14/h4-7,9-10,12-14,16-17H,8H2,1-3H3/q+1. The molecule has 1 fully saturated rings. The van der Waals surface area contributed by atoms with Crippen molar-refractivity contribution in [2.24, 2.45) is 5.92 Å². The molecule has 1 saturated heterocycles. The van der Waals surface area contributed by atoms with Gasteiger partial charge in [0, 0.05) is 11.6 Å². The first-order chi connectivity index (χ1) is 8.54. The Kier molecular flexibility index (Phi) is 4.00. The number of aromatic nitrogens is 1. The lowest BCUT2D eigenvalue weighted by Gasteiger charge is -2.12. The molecule has 0 amide bonds. The van der Waals surface area contributed by atoms with E-state index in [0.29, 0.717) is 5.92 Å². The molecule has 1 aromatic rings. The van der Waals surface area contributed by atoms with Gasteiger partial charge in [-0.05, 0) is 12.0 Å². The summed E-state index contributed by atoms with van der Waals surface area (Å²) in [7, 11) is 0. The fourth-order valence-corrected chi connectivity index (χ4v) is 2.40. The predicted molar refractivity (Wildman–Crippen MR) is 66.9 cm³/mol. The zero-order valence-electron chi connectivity index (χ0n) is 11.2. The largest absolute Gasteiger partial charge is 0.394 e. The monoisotopic (exact) mass is 252 g/mol. The van der Waals surface area contributed by atoms with Gasteiger partial charge in [-0.2, -0.15) is 4.57 Å². The number of pyridine rings is 1. The summed E-state index contributed by atoms with van der Waals surface area (Å²) >= 11 is 0. The van der Waals surface area contributed by atoms with E-state index in [4.69, 9.17) is 9.84 Å². The van der Waals surface area contributed by atoms with Gasteiger partial charge in [0.25, 0.3) is 6.23 Å². The van der Waals surface area contributed by atoms with E-state index in [-0.39, 0.29) is 18.8 Å². The number of rotatable bonds is 3. The topological polar surface area (TPSA) is 53.6 Å². The number of nitrogens with zero attached hydrogens (tertiary/aromatic N) is 1. The minimum atomic E-state index is -0.616. The number of ether oxygens (including phenoxy) is 1. The average Bonchev–Trinajstić information content (AvgIpc) is 2.66. The van der Waals surface area contributed by atoms with Crippen molar-refractivity contribution < 1.29 is 19.5 Å². The normalized spacial score (nSPS) is 32.1. The van der Waals surface area contributed by atoms with Crippen molar-refractivity contribution in [1.82, 2.24) is 0 Å². The van der Waals surface area contributed by atoms with Crippen LogP contribution in [0.5, 0.6) is 0 Å². The number of hydrogen-bond acceptors (Lipinski definition) is 3. The molecule has 1 aliphatic rings. The molecule has 1 aromatic heterocycles. The highest BCUT2D eigenvalue weighted by atomic mass is 16.5. The molecule has 1 aliphatic heterocycles. The van der Waals surface area contributed by atoms with Gasteiger partial charge in [0.05, 0.1) is 18.6 Å². The van der Waals surface area contributed by atoms with Crippen molar-refractivity contribution in [2.45, 2.75) is 45.1 Å². The van der Waals surface area contributed by atoms with Crippen LogP contribution in [0.3, 0.4) is 0 Å². The smallest absolute Gasteiger partial charge is 0.268 e. The quantitative estimate of drug-likeness (QED) is 0.789. The molecule has 4 heteroatoms. The lowest BCUT2D eigenvalue weighted by atomic mass is 10.0. The molecule has 0 spiro atoms. The lowest BCUT2D eigenvalue weighted by molar-refractivity contribution is -0.765. The summed E-state index contributed by atoms with van der Waals surface area (Å²) in [4.78, 5) is 0. The second-order valence-corrected chi connectivity index (χ2v) is 5.34. The van der Waals surface area contributed by atoms with Crippen molar-refractivity contribution in [3.63, 3.8) is 0 Å². The fraction of sp³-hybridized carbons (Fsp3) is 0.643. The zero-order valence-corrected chi connectivity index (χ0v) is 11.2. The van der Waals surface area contributed by atoms with Crippen LogP contribution in [0.15, 0.2) is 24.5 Å². The third-order valence-corrected chi connectivity index (χ3v) is 3.67. The van der Waals surface area contributed by atoms with E-state index in [9.17, 15) is 5.11 Å². The molecule has 0 radical (unpaired) electrons. The minimum absolute atomic E-state index is 0.0328. The Labute approximate surface area is 108 Å². The van der Waals surface area contributed by atoms with Gasteiger partial charge >= 0.3 is 0 Å². The summed E-state index contributed by atoms with van der Waals surface area (Å²) in [5.41, 5.74) is 1.23. The Hall–Kier alpha value is -0.970. The van der Waals surface area contributed by atoms with Gasteiger partial charge in [-0.15, -0.1) is 0 Å². The van der Waals surface area contributed by atoms with Crippen molar-refractivity contribution in [3.05, 3.63) is 30.1 Å². The van der Waals surface area contributed by atoms with Crippen molar-refractivity contribution in [1.29, 1.82) is 0 Å². The predicted octanol–water partition coefficient (Wildman–Crippen LogP) is 0.984. The summed E-state index contributed by atoms with van der Waals surface area (Å²) in [5, 5.41) is 19.1. The molecule has 4 atom stereocenters. The summed E-state index contributed by atoms with van der Waals surface area (Å²) in [6, 6.07) is 4.07. The molecule has 4 unspecified atom stereocenters. The SMILES string of the molecule is CC(C)c1ccc[n+](C2OC(CO)C(O)C2C)c1.